The van der Waals surface area contributed by atoms with Crippen molar-refractivity contribution in [2.24, 2.45) is 4.99 Å². The molecule has 5 nitrogen and oxygen atoms in total. The first-order chi connectivity index (χ1) is 13.4. The number of hydrogen-bond acceptors (Lipinski definition) is 3. The molecule has 3 rings (SSSR count). The Labute approximate surface area is 168 Å². The summed E-state index contributed by atoms with van der Waals surface area (Å²) in [6, 6.07) is 14.6. The average molecular weight is 397 g/mol. The number of aromatic carboxylic acids is 1. The topological polar surface area (TPSA) is 63.8 Å². The Morgan fingerprint density at radius 2 is 1.96 bits per heavy atom. The Morgan fingerprint density at radius 3 is 2.68 bits per heavy atom. The van der Waals surface area contributed by atoms with Crippen LogP contribution in [0.2, 0.25) is 5.02 Å². The van der Waals surface area contributed by atoms with E-state index in [0.29, 0.717) is 6.61 Å². The third-order valence-corrected chi connectivity index (χ3v) is 4.75. The maximum atomic E-state index is 11.4. The maximum absolute atomic E-state index is 11.4. The molecule has 0 amide bonds. The minimum absolute atomic E-state index is 0.0764. The van der Waals surface area contributed by atoms with E-state index in [4.69, 9.17) is 16.3 Å². The summed E-state index contributed by atoms with van der Waals surface area (Å²) < 4.78 is 7.60. The van der Waals surface area contributed by atoms with Crippen LogP contribution in [0.4, 0.5) is 5.69 Å². The van der Waals surface area contributed by atoms with E-state index >= 15 is 0 Å². The number of benzene rings is 2. The van der Waals surface area contributed by atoms with Crippen molar-refractivity contribution < 1.29 is 14.6 Å². The summed E-state index contributed by atoms with van der Waals surface area (Å²) in [6.07, 6.45) is 1.80. The van der Waals surface area contributed by atoms with Gasteiger partial charge in [-0.2, -0.15) is 0 Å². The van der Waals surface area contributed by atoms with E-state index in [9.17, 15) is 9.90 Å². The maximum Gasteiger partial charge on any atom is 0.337 e. The van der Waals surface area contributed by atoms with Gasteiger partial charge in [0.05, 0.1) is 17.2 Å². The van der Waals surface area contributed by atoms with Gasteiger partial charge < -0.3 is 14.4 Å². The fourth-order valence-corrected chi connectivity index (χ4v) is 3.31. The van der Waals surface area contributed by atoms with E-state index in [-0.39, 0.29) is 10.6 Å². The van der Waals surface area contributed by atoms with E-state index in [1.165, 1.54) is 0 Å². The number of nitrogens with zero attached hydrogens (tertiary/aromatic N) is 2. The van der Waals surface area contributed by atoms with Gasteiger partial charge >= 0.3 is 5.97 Å². The molecule has 1 heterocycles. The lowest BCUT2D eigenvalue weighted by atomic mass is 10.2. The van der Waals surface area contributed by atoms with E-state index in [1.54, 1.807) is 24.4 Å². The van der Waals surface area contributed by atoms with Crippen molar-refractivity contribution in [3.63, 3.8) is 0 Å². The number of ether oxygens (including phenoxy) is 1. The lowest BCUT2D eigenvalue weighted by molar-refractivity contribution is 0.0697. The van der Waals surface area contributed by atoms with Crippen LogP contribution in [0.1, 0.15) is 34.2 Å². The summed E-state index contributed by atoms with van der Waals surface area (Å²) in [5.41, 5.74) is 4.44. The smallest absolute Gasteiger partial charge is 0.337 e. The predicted octanol–water partition coefficient (Wildman–Crippen LogP) is 5.60. The first kappa shape index (κ1) is 19.7. The second kappa shape index (κ2) is 8.31. The Balaban J connectivity index is 2.00. The molecule has 0 aliphatic carbocycles. The number of halogens is 1. The van der Waals surface area contributed by atoms with Gasteiger partial charge in [-0.3, -0.25) is 4.99 Å². The summed E-state index contributed by atoms with van der Waals surface area (Å²) in [6.45, 7) is 6.44. The molecule has 6 heteroatoms. The summed E-state index contributed by atoms with van der Waals surface area (Å²) in [5.74, 6) is -0.317. The molecule has 0 spiro atoms. The van der Waals surface area contributed by atoms with Gasteiger partial charge in [0.25, 0.3) is 0 Å². The Hall–Kier alpha value is -3.05. The van der Waals surface area contributed by atoms with Crippen LogP contribution in [0.5, 0.6) is 5.75 Å². The average Bonchev–Trinajstić information content (AvgIpc) is 2.95. The zero-order chi connectivity index (χ0) is 20.3. The number of carboxylic acids is 1. The zero-order valence-electron chi connectivity index (χ0n) is 15.9. The van der Waals surface area contributed by atoms with Crippen molar-refractivity contribution in [1.82, 2.24) is 4.57 Å². The fourth-order valence-electron chi connectivity index (χ4n) is 3.11. The molecule has 28 heavy (non-hydrogen) atoms. The molecule has 1 N–H and O–H groups in total. The molecule has 0 saturated carbocycles. The third-order valence-electron chi connectivity index (χ3n) is 4.42. The van der Waals surface area contributed by atoms with Gasteiger partial charge in [-0.25, -0.2) is 4.79 Å². The van der Waals surface area contributed by atoms with Crippen molar-refractivity contribution in [3.05, 3.63) is 76.1 Å². The predicted molar refractivity (Wildman–Crippen MR) is 112 cm³/mol. The van der Waals surface area contributed by atoms with E-state index < -0.39 is 5.97 Å². The molecule has 2 aromatic carbocycles. The van der Waals surface area contributed by atoms with Gasteiger partial charge in [0, 0.05) is 28.9 Å². The summed E-state index contributed by atoms with van der Waals surface area (Å²) >= 11 is 6.00. The molecule has 0 saturated heterocycles. The van der Waals surface area contributed by atoms with Crippen molar-refractivity contribution in [2.45, 2.75) is 20.8 Å². The molecule has 0 aliphatic heterocycles. The zero-order valence-corrected chi connectivity index (χ0v) is 16.7. The minimum Gasteiger partial charge on any atom is -0.492 e. The van der Waals surface area contributed by atoms with Crippen LogP contribution >= 0.6 is 11.6 Å². The van der Waals surface area contributed by atoms with E-state index in [0.717, 1.165) is 34.1 Å². The molecule has 0 bridgehead atoms. The first-order valence-electron chi connectivity index (χ1n) is 8.90. The van der Waals surface area contributed by atoms with Gasteiger partial charge in [-0.1, -0.05) is 23.7 Å². The number of carbonyl (C=O) groups is 1. The SMILES string of the molecule is CCOc1ccccc1N=Cc1cc(C)n(-c2ccc(Cl)c(C(=O)O)c2)c1C. The van der Waals surface area contributed by atoms with Gasteiger partial charge in [0.15, 0.2) is 0 Å². The van der Waals surface area contributed by atoms with Crippen molar-refractivity contribution in [1.29, 1.82) is 0 Å². The Morgan fingerprint density at radius 1 is 1.21 bits per heavy atom. The lowest BCUT2D eigenvalue weighted by Gasteiger charge is -2.11. The van der Waals surface area contributed by atoms with E-state index in [2.05, 4.69) is 4.99 Å². The number of aromatic nitrogens is 1. The fraction of sp³-hybridized carbons (Fsp3) is 0.182. The minimum atomic E-state index is -1.05. The highest BCUT2D eigenvalue weighted by atomic mass is 35.5. The molecule has 1 aromatic heterocycles. The molecule has 0 unspecified atom stereocenters. The lowest BCUT2D eigenvalue weighted by Crippen LogP contribution is -2.03. The van der Waals surface area contributed by atoms with Crippen LogP contribution in [0.15, 0.2) is 53.5 Å². The normalized spacial score (nSPS) is 11.1. The summed E-state index contributed by atoms with van der Waals surface area (Å²) in [7, 11) is 0. The molecule has 0 radical (unpaired) electrons. The molecule has 0 fully saturated rings. The van der Waals surface area contributed by atoms with Crippen molar-refractivity contribution in [2.75, 3.05) is 6.61 Å². The van der Waals surface area contributed by atoms with E-state index in [1.807, 2.05) is 55.7 Å². The van der Waals surface area contributed by atoms with Crippen molar-refractivity contribution in [3.8, 4) is 11.4 Å². The number of hydrogen-bond donors (Lipinski definition) is 1. The van der Waals surface area contributed by atoms with Crippen LogP contribution < -0.4 is 4.74 Å². The largest absolute Gasteiger partial charge is 0.492 e. The van der Waals surface area contributed by atoms with Gasteiger partial charge in [-0.15, -0.1) is 0 Å². The van der Waals surface area contributed by atoms with Crippen LogP contribution in [-0.2, 0) is 0 Å². The number of rotatable bonds is 6. The molecule has 3 aromatic rings. The first-order valence-corrected chi connectivity index (χ1v) is 9.28. The van der Waals surface area contributed by atoms with Gasteiger partial charge in [-0.05, 0) is 57.2 Å². The van der Waals surface area contributed by atoms with Crippen molar-refractivity contribution >= 4 is 29.5 Å². The second-order valence-corrected chi connectivity index (χ2v) is 6.70. The second-order valence-electron chi connectivity index (χ2n) is 6.29. The quantitative estimate of drug-likeness (QED) is 0.552. The standard InChI is InChI=1S/C22H21ClN2O3/c1-4-28-21-8-6-5-7-20(21)24-13-16-11-14(2)25(15(16)3)17-9-10-19(23)18(12-17)22(26)27/h5-13H,4H2,1-3H3,(H,26,27). The summed E-state index contributed by atoms with van der Waals surface area (Å²) in [4.78, 5) is 16.0. The Kier molecular flexibility index (Phi) is 5.85. The molecule has 0 atom stereocenters. The molecular weight excluding hydrogens is 376 g/mol. The van der Waals surface area contributed by atoms with Crippen LogP contribution in [-0.4, -0.2) is 28.5 Å². The number of para-hydroxylation sites is 2. The highest BCUT2D eigenvalue weighted by Gasteiger charge is 2.14. The number of aliphatic imine (C=N–C) groups is 1. The van der Waals surface area contributed by atoms with Gasteiger partial charge in [0.2, 0.25) is 0 Å². The highest BCUT2D eigenvalue weighted by molar-refractivity contribution is 6.33. The molecule has 144 valence electrons. The molecule has 0 aliphatic rings. The van der Waals surface area contributed by atoms with Gasteiger partial charge in [0.1, 0.15) is 11.4 Å². The monoisotopic (exact) mass is 396 g/mol. The number of aryl methyl sites for hydroxylation is 1. The number of carboxylic acid groups (broad SMARTS) is 1. The van der Waals surface area contributed by atoms with Crippen LogP contribution in [0.25, 0.3) is 5.69 Å². The van der Waals surface area contributed by atoms with Crippen LogP contribution in [0, 0.1) is 13.8 Å². The third kappa shape index (κ3) is 3.94. The van der Waals surface area contributed by atoms with Crippen LogP contribution in [0.3, 0.4) is 0 Å². The molecular formula is C22H21ClN2O3. The highest BCUT2D eigenvalue weighted by Crippen LogP contribution is 2.28. The summed E-state index contributed by atoms with van der Waals surface area (Å²) in [5, 5.41) is 9.55. The Bertz CT molecular complexity index is 1050.